The molecule has 21 heavy (non-hydrogen) atoms. The van der Waals surface area contributed by atoms with Crippen LogP contribution in [0, 0.1) is 10.1 Å². The maximum atomic E-state index is 12.0. The van der Waals surface area contributed by atoms with Crippen molar-refractivity contribution in [1.82, 2.24) is 5.32 Å². The minimum atomic E-state index is -0.897. The number of halogens is 2. The van der Waals surface area contributed by atoms with Crippen molar-refractivity contribution in [1.29, 1.82) is 0 Å². The van der Waals surface area contributed by atoms with E-state index in [0.29, 0.717) is 0 Å². The second-order valence-corrected chi connectivity index (χ2v) is 4.78. The second kappa shape index (κ2) is 7.24. The molecule has 0 heterocycles. The van der Waals surface area contributed by atoms with E-state index < -0.39 is 28.5 Å². The number of carbonyl (C=O) groups excluding carboxylic acids is 2. The molecule has 1 aromatic carbocycles. The summed E-state index contributed by atoms with van der Waals surface area (Å²) in [5.41, 5.74) is -0.564. The zero-order valence-electron chi connectivity index (χ0n) is 11.2. The first-order valence-corrected chi connectivity index (χ1v) is 6.64. The summed E-state index contributed by atoms with van der Waals surface area (Å²) in [6.07, 6.45) is 0. The van der Waals surface area contributed by atoms with Crippen LogP contribution in [-0.4, -0.2) is 29.4 Å². The first-order chi connectivity index (χ1) is 9.77. The van der Waals surface area contributed by atoms with Crippen molar-refractivity contribution in [3.05, 3.63) is 37.9 Å². The van der Waals surface area contributed by atoms with Crippen LogP contribution >= 0.6 is 23.2 Å². The van der Waals surface area contributed by atoms with Crippen LogP contribution in [0.2, 0.25) is 10.0 Å². The molecule has 0 radical (unpaired) electrons. The van der Waals surface area contributed by atoms with Crippen molar-refractivity contribution >= 4 is 40.8 Å². The van der Waals surface area contributed by atoms with Gasteiger partial charge < -0.3 is 10.1 Å². The van der Waals surface area contributed by atoms with Crippen LogP contribution in [0.4, 0.5) is 5.69 Å². The number of rotatable bonds is 5. The highest BCUT2D eigenvalue weighted by molar-refractivity contribution is 6.43. The second-order valence-electron chi connectivity index (χ2n) is 4.00. The molecule has 9 heteroatoms. The number of benzene rings is 1. The van der Waals surface area contributed by atoms with Gasteiger partial charge in [0.05, 0.1) is 16.6 Å². The Balaban J connectivity index is 2.98. The number of hydrogen-bond donors (Lipinski definition) is 1. The minimum Gasteiger partial charge on any atom is -0.464 e. The maximum absolute atomic E-state index is 12.0. The van der Waals surface area contributed by atoms with Gasteiger partial charge in [0.2, 0.25) is 0 Å². The van der Waals surface area contributed by atoms with Gasteiger partial charge in [0.1, 0.15) is 11.1 Å². The molecule has 7 nitrogen and oxygen atoms in total. The van der Waals surface area contributed by atoms with Crippen LogP contribution in [0.1, 0.15) is 24.2 Å². The van der Waals surface area contributed by atoms with Gasteiger partial charge in [-0.15, -0.1) is 0 Å². The topological polar surface area (TPSA) is 98.5 Å². The number of nitrogens with zero attached hydrogens (tertiary/aromatic N) is 1. The molecule has 0 aliphatic heterocycles. The van der Waals surface area contributed by atoms with Crippen LogP contribution in [0.25, 0.3) is 0 Å². The summed E-state index contributed by atoms with van der Waals surface area (Å²) in [4.78, 5) is 33.4. The van der Waals surface area contributed by atoms with Crippen LogP contribution < -0.4 is 5.32 Å². The standard InChI is InChI=1S/C12H12Cl2N2O5/c1-3-21-12(18)6(2)15-11(17)7-4-8(13)10(14)9(5-7)16(19)20/h4-6H,3H2,1-2H3,(H,15,17). The molecule has 0 fully saturated rings. The summed E-state index contributed by atoms with van der Waals surface area (Å²) in [5.74, 6) is -1.31. The van der Waals surface area contributed by atoms with Gasteiger partial charge in [0.25, 0.3) is 11.6 Å². The van der Waals surface area contributed by atoms with Crippen molar-refractivity contribution in [2.45, 2.75) is 19.9 Å². The number of amides is 1. The van der Waals surface area contributed by atoms with E-state index in [1.807, 2.05) is 0 Å². The van der Waals surface area contributed by atoms with E-state index in [9.17, 15) is 19.7 Å². The summed E-state index contributed by atoms with van der Waals surface area (Å²) in [5, 5.41) is 12.8. The molecule has 1 unspecified atom stereocenters. The summed E-state index contributed by atoms with van der Waals surface area (Å²) >= 11 is 11.4. The lowest BCUT2D eigenvalue weighted by Crippen LogP contribution is -2.39. The molecule has 1 rings (SSSR count). The fourth-order valence-electron chi connectivity index (χ4n) is 1.44. The number of nitro benzene ring substituents is 1. The summed E-state index contributed by atoms with van der Waals surface area (Å²) in [6.45, 7) is 3.24. The Bertz CT molecular complexity index is 591. The molecule has 1 amide bonds. The molecule has 0 saturated heterocycles. The molecule has 1 aromatic rings. The Kier molecular flexibility index (Phi) is 5.92. The molecule has 0 spiro atoms. The predicted molar refractivity (Wildman–Crippen MR) is 76.7 cm³/mol. The van der Waals surface area contributed by atoms with E-state index in [1.54, 1.807) is 6.92 Å². The van der Waals surface area contributed by atoms with Crippen molar-refractivity contribution < 1.29 is 19.2 Å². The summed E-state index contributed by atoms with van der Waals surface area (Å²) < 4.78 is 4.74. The Morgan fingerprint density at radius 3 is 2.57 bits per heavy atom. The first kappa shape index (κ1) is 17.2. The predicted octanol–water partition coefficient (Wildman–Crippen LogP) is 2.58. The zero-order chi connectivity index (χ0) is 16.2. The Morgan fingerprint density at radius 1 is 1.43 bits per heavy atom. The van der Waals surface area contributed by atoms with Crippen molar-refractivity contribution in [3.63, 3.8) is 0 Å². The highest BCUT2D eigenvalue weighted by Gasteiger charge is 2.22. The van der Waals surface area contributed by atoms with Gasteiger partial charge in [-0.2, -0.15) is 0 Å². The largest absolute Gasteiger partial charge is 0.464 e. The normalized spacial score (nSPS) is 11.6. The van der Waals surface area contributed by atoms with Crippen LogP contribution in [0.3, 0.4) is 0 Å². The number of nitrogens with one attached hydrogen (secondary N) is 1. The SMILES string of the molecule is CCOC(=O)C(C)NC(=O)c1cc(Cl)c(Cl)c([N+](=O)[O-])c1. The number of hydrogen-bond acceptors (Lipinski definition) is 5. The van der Waals surface area contributed by atoms with E-state index in [-0.39, 0.29) is 22.2 Å². The average Bonchev–Trinajstić information content (AvgIpc) is 2.41. The van der Waals surface area contributed by atoms with Crippen molar-refractivity contribution in [2.24, 2.45) is 0 Å². The lowest BCUT2D eigenvalue weighted by atomic mass is 10.1. The summed E-state index contributed by atoms with van der Waals surface area (Å²) in [7, 11) is 0. The van der Waals surface area contributed by atoms with E-state index in [4.69, 9.17) is 27.9 Å². The third kappa shape index (κ3) is 4.30. The van der Waals surface area contributed by atoms with Crippen LogP contribution in [0.15, 0.2) is 12.1 Å². The molecule has 114 valence electrons. The van der Waals surface area contributed by atoms with Gasteiger partial charge in [-0.25, -0.2) is 4.79 Å². The summed E-state index contributed by atoms with van der Waals surface area (Å²) in [6, 6.07) is 1.27. The third-order valence-electron chi connectivity index (χ3n) is 2.46. The lowest BCUT2D eigenvalue weighted by Gasteiger charge is -2.12. The Morgan fingerprint density at radius 2 is 2.05 bits per heavy atom. The van der Waals surface area contributed by atoms with E-state index >= 15 is 0 Å². The lowest BCUT2D eigenvalue weighted by molar-refractivity contribution is -0.384. The minimum absolute atomic E-state index is 0.0766. The number of ether oxygens (including phenoxy) is 1. The zero-order valence-corrected chi connectivity index (χ0v) is 12.7. The van der Waals surface area contributed by atoms with E-state index in [1.165, 1.54) is 13.0 Å². The highest BCUT2D eigenvalue weighted by atomic mass is 35.5. The number of carbonyl (C=O) groups is 2. The van der Waals surface area contributed by atoms with Gasteiger partial charge in [-0.1, -0.05) is 23.2 Å². The van der Waals surface area contributed by atoms with Crippen LogP contribution in [0.5, 0.6) is 0 Å². The van der Waals surface area contributed by atoms with Gasteiger partial charge in [-0.05, 0) is 19.9 Å². The molecule has 0 saturated carbocycles. The molecular formula is C12H12Cl2N2O5. The molecule has 0 aliphatic carbocycles. The third-order valence-corrected chi connectivity index (χ3v) is 3.25. The quantitative estimate of drug-likeness (QED) is 0.507. The van der Waals surface area contributed by atoms with Crippen LogP contribution in [-0.2, 0) is 9.53 Å². The fraction of sp³-hybridized carbons (Fsp3) is 0.333. The maximum Gasteiger partial charge on any atom is 0.328 e. The molecule has 1 atom stereocenters. The Hall–Kier alpha value is -1.86. The molecular weight excluding hydrogens is 323 g/mol. The average molecular weight is 335 g/mol. The van der Waals surface area contributed by atoms with Gasteiger partial charge in [-0.3, -0.25) is 14.9 Å². The molecule has 0 bridgehead atoms. The van der Waals surface area contributed by atoms with Crippen molar-refractivity contribution in [3.8, 4) is 0 Å². The number of nitro groups is 1. The molecule has 1 N–H and O–H groups in total. The van der Waals surface area contributed by atoms with E-state index in [2.05, 4.69) is 5.32 Å². The monoisotopic (exact) mass is 334 g/mol. The number of esters is 1. The fourth-order valence-corrected chi connectivity index (χ4v) is 1.84. The van der Waals surface area contributed by atoms with Gasteiger partial charge in [0.15, 0.2) is 0 Å². The van der Waals surface area contributed by atoms with E-state index in [0.717, 1.165) is 6.07 Å². The highest BCUT2D eigenvalue weighted by Crippen LogP contribution is 2.33. The van der Waals surface area contributed by atoms with Gasteiger partial charge in [0, 0.05) is 11.6 Å². The molecule has 0 aromatic heterocycles. The van der Waals surface area contributed by atoms with Crippen molar-refractivity contribution in [2.75, 3.05) is 6.61 Å². The smallest absolute Gasteiger partial charge is 0.328 e. The first-order valence-electron chi connectivity index (χ1n) is 5.88. The molecule has 0 aliphatic rings. The van der Waals surface area contributed by atoms with Gasteiger partial charge >= 0.3 is 5.97 Å². The Labute approximate surface area is 130 Å².